The van der Waals surface area contributed by atoms with Gasteiger partial charge in [-0.15, -0.1) is 13.2 Å². The number of hydrogen-bond acceptors (Lipinski definition) is 24. The Morgan fingerprint density at radius 1 is 0.457 bits per heavy atom. The van der Waals surface area contributed by atoms with E-state index >= 15 is 0 Å². The van der Waals surface area contributed by atoms with Crippen LogP contribution in [0.1, 0.15) is 282 Å². The number of hydrogen-bond donors (Lipinski definition) is 10. The van der Waals surface area contributed by atoms with Crippen LogP contribution in [0.15, 0.2) is 49.6 Å². The Bertz CT molecular complexity index is 4400. The molecule has 0 bridgehead atoms. The summed E-state index contributed by atoms with van der Waals surface area (Å²) in [6.45, 7) is 52.6. The normalized spacial score (nSPS) is 29.4. The number of nitrogens with zero attached hydrogens (tertiary/aromatic N) is 4. The maximum atomic E-state index is 13.7. The number of alkyl carbamates (subject to hydrolysis) is 4. The fourth-order valence-corrected chi connectivity index (χ4v) is 18.2. The summed E-state index contributed by atoms with van der Waals surface area (Å²) in [5, 5.41) is 41.4. The molecule has 4 aliphatic carbocycles. The van der Waals surface area contributed by atoms with Gasteiger partial charge in [-0.3, -0.25) is 38.4 Å². The Hall–Kier alpha value is -9.29. The first-order valence-corrected chi connectivity index (χ1v) is 47.8. The van der Waals surface area contributed by atoms with Crippen molar-refractivity contribution in [3.8, 4) is 0 Å². The molecule has 20 atom stereocenters. The van der Waals surface area contributed by atoms with Crippen LogP contribution >= 0.6 is 0 Å². The van der Waals surface area contributed by atoms with Crippen molar-refractivity contribution in [1.29, 1.82) is 0 Å². The third-order valence-corrected chi connectivity index (χ3v) is 25.4. The average Bonchev–Trinajstić information content (AvgIpc) is 1.59. The summed E-state index contributed by atoms with van der Waals surface area (Å²) in [6.07, 6.45) is 19.4. The molecule has 0 aromatic rings. The molecule has 0 unspecified atom stereocenters. The molecule has 0 spiro atoms. The molecule has 8 fully saturated rings. The number of aliphatic carboxylic acids is 2. The number of carboxylic acids is 2. The number of amides is 12. The second-order valence-corrected chi connectivity index (χ2v) is 44.4. The molecule has 40 nitrogen and oxygen atoms in total. The predicted molar refractivity (Wildman–Crippen MR) is 509 cm³/mol. The third-order valence-electron chi connectivity index (χ3n) is 25.4. The number of allylic oxidation sites excluding steroid dienone is 2. The fraction of sp³-hybridized carbons (Fsp3) is 0.755. The van der Waals surface area contributed by atoms with Gasteiger partial charge in [-0.1, -0.05) is 131 Å². The number of esters is 2. The van der Waals surface area contributed by atoms with Gasteiger partial charge in [0.2, 0.25) is 47.3 Å². The fourth-order valence-electron chi connectivity index (χ4n) is 18.2. The van der Waals surface area contributed by atoms with E-state index in [1.807, 2.05) is 87.5 Å². The molecule has 42 heteroatoms. The van der Waals surface area contributed by atoms with E-state index in [0.717, 1.165) is 51.4 Å². The Balaban J connectivity index is 0.000000921. The van der Waals surface area contributed by atoms with Crippen molar-refractivity contribution in [3.63, 3.8) is 0 Å². The molecule has 0 aromatic carbocycles. The zero-order valence-corrected chi connectivity index (χ0v) is 87.6. The van der Waals surface area contributed by atoms with E-state index in [1.165, 1.54) is 20.8 Å². The van der Waals surface area contributed by atoms with Crippen molar-refractivity contribution >= 4 is 95.5 Å². The minimum atomic E-state index is -1.36. The van der Waals surface area contributed by atoms with Gasteiger partial charge in [0.25, 0.3) is 0 Å². The van der Waals surface area contributed by atoms with Gasteiger partial charge >= 0.3 is 86.0 Å². The van der Waals surface area contributed by atoms with Crippen LogP contribution in [0.25, 0.3) is 0 Å². The molecule has 12 amide bonds. The molecule has 16 N–H and O–H groups in total. The van der Waals surface area contributed by atoms with E-state index in [4.69, 9.17) is 28.4 Å². The van der Waals surface area contributed by atoms with Gasteiger partial charge < -0.3 is 123 Å². The number of nitrogens with one attached hydrogen (secondary N) is 8. The minimum absolute atomic E-state index is 0. The van der Waals surface area contributed by atoms with Crippen molar-refractivity contribution < 1.29 is 175 Å². The molecule has 784 valence electrons. The second kappa shape index (κ2) is 52.3. The van der Waals surface area contributed by atoms with Crippen LogP contribution in [0.4, 0.5) is 19.2 Å². The quantitative estimate of drug-likeness (QED) is 0.0408. The average molecular weight is 1970 g/mol. The number of carboxylic acid groups (broad SMARTS) is 2. The predicted octanol–water partition coefficient (Wildman–Crippen LogP) is 2.77. The van der Waals surface area contributed by atoms with Crippen LogP contribution in [0.5, 0.6) is 0 Å². The van der Waals surface area contributed by atoms with E-state index in [9.17, 15) is 86.9 Å². The summed E-state index contributed by atoms with van der Waals surface area (Å²) in [5.41, 5.74) is -8.97. The molecular weight excluding hydrogens is 1810 g/mol. The maximum absolute atomic E-state index is 13.7. The van der Waals surface area contributed by atoms with Crippen LogP contribution in [-0.4, -0.2) is 280 Å². The zero-order valence-electron chi connectivity index (χ0n) is 87.6. The molecule has 4 saturated heterocycles. The van der Waals surface area contributed by atoms with Gasteiger partial charge in [-0.05, 0) is 221 Å². The largest absolute Gasteiger partial charge is 1.00 e. The Morgan fingerprint density at radius 3 is 1.12 bits per heavy atom. The van der Waals surface area contributed by atoms with Crippen molar-refractivity contribution in [1.82, 2.24) is 62.1 Å². The van der Waals surface area contributed by atoms with Gasteiger partial charge in [0, 0.05) is 49.9 Å². The van der Waals surface area contributed by atoms with Gasteiger partial charge in [0.05, 0.1) is 13.2 Å². The van der Waals surface area contributed by atoms with Crippen molar-refractivity contribution in [3.05, 3.63) is 49.6 Å². The minimum Gasteiger partial charge on any atom is -0.870 e. The first kappa shape index (κ1) is 129. The van der Waals surface area contributed by atoms with Gasteiger partial charge in [-0.25, -0.2) is 38.4 Å². The van der Waals surface area contributed by atoms with Crippen molar-refractivity contribution in [2.24, 2.45) is 58.2 Å². The summed E-state index contributed by atoms with van der Waals surface area (Å²) in [7, 11) is 0. The van der Waals surface area contributed by atoms with E-state index in [-0.39, 0.29) is 150 Å². The molecule has 0 aromatic heterocycles. The van der Waals surface area contributed by atoms with Crippen molar-refractivity contribution in [2.45, 2.75) is 375 Å². The summed E-state index contributed by atoms with van der Waals surface area (Å²) in [4.78, 5) is 212. The monoisotopic (exact) mass is 1970 g/mol. The molecule has 6 aliphatic heterocycles. The summed E-state index contributed by atoms with van der Waals surface area (Å²) in [6, 6.07) is -6.45. The van der Waals surface area contributed by atoms with Gasteiger partial charge in [-0.2, -0.15) is 0 Å². The van der Waals surface area contributed by atoms with Crippen LogP contribution in [0.2, 0.25) is 0 Å². The van der Waals surface area contributed by atoms with E-state index in [1.54, 1.807) is 108 Å². The summed E-state index contributed by atoms with van der Waals surface area (Å²) in [5.74, 6) is -6.73. The summed E-state index contributed by atoms with van der Waals surface area (Å²) < 4.78 is 31.9. The third kappa shape index (κ3) is 35.1. The van der Waals surface area contributed by atoms with Crippen LogP contribution < -0.4 is 80.3 Å². The topological polar surface area (TPSA) is 601 Å². The Kier molecular flexibility index (Phi) is 48.1. The van der Waals surface area contributed by atoms with E-state index in [0.29, 0.717) is 84.0 Å². The molecular formula is C98H162Li2N12O28. The maximum Gasteiger partial charge on any atom is 1.00 e. The van der Waals surface area contributed by atoms with E-state index in [2.05, 4.69) is 61.8 Å². The SMILES string of the molecule is C=C[C@@H]1C[C@]1(NC(=O)[C@@H]1C[C@@H](C)CN1C(=O)[C@@H](NC(=O)OC(C)(C)C)C(C)(C)C)C(=O)O.C=C[C@@H]1C[C@]1(NC(=O)[C@@H]1C[C@@H](C)CN1C(=O)[C@@H](NC(=O)OC(C)(C)C)C(C)(C)C)C(=O)OCC.CCOC(=O)[C@@]12C[C@H]1/C=C\CCCCC[C@H](NC(=O)OC(C)(C)C)C(=O)N1C[C@H](C)C[C@H]1C(=O)N2.C[C@@H]1C[C@H]2C(=O)N[C@]3(C(=O)O)C[C@H]3/C=C\CCCCC[C@H](NC(=O)OC(C)(C)C)C(=O)N2C1.O.O.[Li+].[Li+].[OH-].[OH-]. The Labute approximate surface area is 849 Å². The molecule has 6 heterocycles. The molecule has 0 radical (unpaired) electrons. The molecule has 10 rings (SSSR count). The van der Waals surface area contributed by atoms with Gasteiger partial charge in [0.15, 0.2) is 0 Å². The molecule has 4 saturated carbocycles. The molecule has 10 aliphatic rings. The Morgan fingerprint density at radius 2 is 0.786 bits per heavy atom. The number of carbonyl (C=O) groups is 16. The summed E-state index contributed by atoms with van der Waals surface area (Å²) >= 11 is 0. The number of fused-ring (bicyclic) bond motifs is 4. The number of carbonyl (C=O) groups excluding carboxylic acids is 14. The number of likely N-dealkylation sites (tertiary alicyclic amines) is 2. The van der Waals surface area contributed by atoms with Crippen LogP contribution in [-0.2, 0) is 86.0 Å². The standard InChI is InChI=1S/C26H41N3O6.C25H41N3O6.C24H37N3O6.C23H37N3O6.2Li.4H2O/c1-6-34-23(32)26-15-18(26)12-10-8-7-9-11-13-19(27-24(33)35-25(3,4)5)22(31)29-16-17(2)14-20(29)21(30)28-26;1-10-16-13-25(16,21(31)33-11-2)27-19(29)17-12-15(3)14-28(17)20(30)18(23(4,5)6)26-22(32)34-24(7,8)9;1-15-12-18-19(28)26-24(21(30)31)13-16(24)10-8-6-5-7-9-11-17(20(29)27(18)14-15)25-22(32)33-23(2,3)4;1-9-14-11-23(14,19(29)30)25-17(27)15-10-13(2)12-26(15)18(28)16(21(3,4)5)24-20(31)32-22(6,7)8;;;;;;/h10,12,17-20H,6-9,11,13-16H2,1-5H3,(H,27,33)(H,28,30);10,15-18H,1,11-14H2,2-9H3,(H,26,32)(H,27,29);8,10,15-18H,5-7,9,11-14H2,1-4H3,(H,25,32)(H,26,28)(H,30,31);9,13-16H,1,10-12H2,2-8H3,(H,24,31)(H,25,27)(H,29,30);;;4*1H2/q;;;;2*+1;;;;/p-2/b12-10-;;10-8-;;;;;;;/t17-,18-,19+,20+,26-;15-,16-,17+,18-,25-;15-,16-,17+,18+,24-;13-,14-,15+,16-,23-;;;;;;/m1111....../s1. The van der Waals surface area contributed by atoms with Crippen LogP contribution in [0, 0.1) is 58.2 Å². The number of rotatable bonds is 18. The second-order valence-electron chi connectivity index (χ2n) is 44.4. The number of ether oxygens (including phenoxy) is 6. The first-order chi connectivity index (χ1) is 62.0. The van der Waals surface area contributed by atoms with E-state index < -0.39 is 176 Å². The first-order valence-electron chi connectivity index (χ1n) is 47.8. The van der Waals surface area contributed by atoms with Crippen LogP contribution in [0.3, 0.4) is 0 Å². The van der Waals surface area contributed by atoms with Gasteiger partial charge in [0.1, 0.15) is 92.9 Å². The zero-order chi connectivity index (χ0) is 101. The van der Waals surface area contributed by atoms with Crippen molar-refractivity contribution in [2.75, 3.05) is 39.4 Å². The molecule has 140 heavy (non-hydrogen) atoms. The smallest absolute Gasteiger partial charge is 0.870 e.